The third-order valence-corrected chi connectivity index (χ3v) is 4.32. The zero-order chi connectivity index (χ0) is 13.5. The van der Waals surface area contributed by atoms with E-state index in [2.05, 4.69) is 10.3 Å². The van der Waals surface area contributed by atoms with Crippen molar-refractivity contribution < 1.29 is 14.3 Å². The molecule has 1 amide bonds. The van der Waals surface area contributed by atoms with Crippen molar-refractivity contribution >= 4 is 22.9 Å². The van der Waals surface area contributed by atoms with E-state index < -0.39 is 0 Å². The average molecular weight is 288 g/mol. The van der Waals surface area contributed by atoms with Crippen molar-refractivity contribution in [2.45, 2.75) is 18.8 Å². The number of carbonyl (C=O) groups excluding carboxylic acids is 1. The topological polar surface area (TPSA) is 60.5 Å². The summed E-state index contributed by atoms with van der Waals surface area (Å²) in [6, 6.07) is 5.34. The Balaban J connectivity index is 1.51. The van der Waals surface area contributed by atoms with Crippen molar-refractivity contribution in [3.8, 4) is 11.5 Å². The van der Waals surface area contributed by atoms with Crippen LogP contribution in [0, 0.1) is 0 Å². The smallest absolute Gasteiger partial charge is 0.275 e. The van der Waals surface area contributed by atoms with Gasteiger partial charge in [-0.05, 0) is 25.0 Å². The zero-order valence-electron chi connectivity index (χ0n) is 10.6. The van der Waals surface area contributed by atoms with Gasteiger partial charge in [-0.2, -0.15) is 0 Å². The van der Waals surface area contributed by atoms with E-state index in [4.69, 9.17) is 9.47 Å². The molecule has 1 saturated carbocycles. The largest absolute Gasteiger partial charge is 0.454 e. The van der Waals surface area contributed by atoms with Crippen LogP contribution in [0.2, 0.25) is 0 Å². The molecule has 0 spiro atoms. The first-order valence-corrected chi connectivity index (χ1v) is 7.34. The maximum absolute atomic E-state index is 12.1. The highest BCUT2D eigenvalue weighted by molar-refractivity contribution is 7.10. The normalized spacial score (nSPS) is 16.2. The SMILES string of the molecule is O=C(Nc1ccc2c(c1)OCO2)c1csc(C2CC2)n1. The fourth-order valence-electron chi connectivity index (χ4n) is 2.08. The van der Waals surface area contributed by atoms with Gasteiger partial charge in [0.05, 0.1) is 5.01 Å². The second kappa shape index (κ2) is 4.49. The van der Waals surface area contributed by atoms with E-state index in [1.165, 1.54) is 12.8 Å². The average Bonchev–Trinajstić information content (AvgIpc) is 3.01. The molecule has 1 fully saturated rings. The second-order valence-electron chi connectivity index (χ2n) is 4.87. The minimum Gasteiger partial charge on any atom is -0.454 e. The summed E-state index contributed by atoms with van der Waals surface area (Å²) in [6.07, 6.45) is 2.38. The highest BCUT2D eigenvalue weighted by Crippen LogP contribution is 2.41. The lowest BCUT2D eigenvalue weighted by atomic mass is 10.2. The number of hydrogen-bond donors (Lipinski definition) is 1. The monoisotopic (exact) mass is 288 g/mol. The lowest BCUT2D eigenvalue weighted by Gasteiger charge is -2.04. The van der Waals surface area contributed by atoms with Crippen LogP contribution in [0.4, 0.5) is 5.69 Å². The molecule has 2 aromatic rings. The maximum Gasteiger partial charge on any atom is 0.275 e. The summed E-state index contributed by atoms with van der Waals surface area (Å²) < 4.78 is 10.5. The van der Waals surface area contributed by atoms with E-state index >= 15 is 0 Å². The maximum atomic E-state index is 12.1. The second-order valence-corrected chi connectivity index (χ2v) is 5.76. The molecular weight excluding hydrogens is 276 g/mol. The van der Waals surface area contributed by atoms with Gasteiger partial charge in [-0.1, -0.05) is 0 Å². The van der Waals surface area contributed by atoms with E-state index in [1.807, 2.05) is 5.38 Å². The van der Waals surface area contributed by atoms with Crippen molar-refractivity contribution in [2.75, 3.05) is 12.1 Å². The molecule has 1 aromatic carbocycles. The lowest BCUT2D eigenvalue weighted by Crippen LogP contribution is -2.12. The number of ether oxygens (including phenoxy) is 2. The molecule has 0 radical (unpaired) electrons. The molecule has 0 unspecified atom stereocenters. The van der Waals surface area contributed by atoms with Crippen molar-refractivity contribution in [1.29, 1.82) is 0 Å². The van der Waals surface area contributed by atoms with Gasteiger partial charge >= 0.3 is 0 Å². The van der Waals surface area contributed by atoms with Gasteiger partial charge in [0.15, 0.2) is 11.5 Å². The summed E-state index contributed by atoms with van der Waals surface area (Å²) in [7, 11) is 0. The zero-order valence-corrected chi connectivity index (χ0v) is 11.4. The molecule has 1 aromatic heterocycles. The molecule has 2 aliphatic rings. The van der Waals surface area contributed by atoms with Crippen LogP contribution < -0.4 is 14.8 Å². The molecule has 6 heteroatoms. The number of amides is 1. The van der Waals surface area contributed by atoms with Gasteiger partial charge in [-0.3, -0.25) is 4.79 Å². The van der Waals surface area contributed by atoms with E-state index in [0.717, 1.165) is 5.01 Å². The van der Waals surface area contributed by atoms with Gasteiger partial charge in [0.1, 0.15) is 5.69 Å². The number of nitrogens with one attached hydrogen (secondary N) is 1. The van der Waals surface area contributed by atoms with Crippen LogP contribution in [0.15, 0.2) is 23.6 Å². The van der Waals surface area contributed by atoms with Crippen LogP contribution in [0.1, 0.15) is 34.3 Å². The Labute approximate surface area is 119 Å². The highest BCUT2D eigenvalue weighted by Gasteiger charge is 2.27. The molecular formula is C14H12N2O3S. The molecule has 102 valence electrons. The molecule has 2 heterocycles. The minimum absolute atomic E-state index is 0.188. The quantitative estimate of drug-likeness (QED) is 0.943. The summed E-state index contributed by atoms with van der Waals surface area (Å²) >= 11 is 1.56. The Morgan fingerprint density at radius 3 is 3.00 bits per heavy atom. The van der Waals surface area contributed by atoms with Crippen molar-refractivity contribution in [3.05, 3.63) is 34.3 Å². The summed E-state index contributed by atoms with van der Waals surface area (Å²) in [5, 5.41) is 5.72. The van der Waals surface area contributed by atoms with Crippen LogP contribution in [0.5, 0.6) is 11.5 Å². The van der Waals surface area contributed by atoms with Crippen LogP contribution in [0.3, 0.4) is 0 Å². The van der Waals surface area contributed by atoms with Crippen molar-refractivity contribution in [3.63, 3.8) is 0 Å². The third kappa shape index (κ3) is 2.12. The number of rotatable bonds is 3. The predicted molar refractivity (Wildman–Crippen MR) is 74.6 cm³/mol. The van der Waals surface area contributed by atoms with Gasteiger partial charge in [0.25, 0.3) is 5.91 Å². The van der Waals surface area contributed by atoms with Crippen molar-refractivity contribution in [1.82, 2.24) is 4.98 Å². The molecule has 20 heavy (non-hydrogen) atoms. The third-order valence-electron chi connectivity index (χ3n) is 3.31. The predicted octanol–water partition coefficient (Wildman–Crippen LogP) is 3.00. The van der Waals surface area contributed by atoms with Gasteiger partial charge in [-0.25, -0.2) is 4.98 Å². The summed E-state index contributed by atoms with van der Waals surface area (Å²) in [5.74, 6) is 1.74. The molecule has 1 aliphatic carbocycles. The molecule has 1 aliphatic heterocycles. The number of aromatic nitrogens is 1. The van der Waals surface area contributed by atoms with E-state index in [0.29, 0.717) is 28.8 Å². The Hall–Kier alpha value is -2.08. The summed E-state index contributed by atoms with van der Waals surface area (Å²) in [5.41, 5.74) is 1.16. The van der Waals surface area contributed by atoms with Crippen LogP contribution in [0.25, 0.3) is 0 Å². The molecule has 4 rings (SSSR count). The number of carbonyl (C=O) groups is 1. The van der Waals surface area contributed by atoms with E-state index in [1.54, 1.807) is 29.5 Å². The first-order chi connectivity index (χ1) is 9.79. The van der Waals surface area contributed by atoms with Crippen LogP contribution >= 0.6 is 11.3 Å². The fourth-order valence-corrected chi connectivity index (χ4v) is 3.05. The number of benzene rings is 1. The molecule has 0 saturated heterocycles. The molecule has 0 atom stereocenters. The number of hydrogen-bond acceptors (Lipinski definition) is 5. The molecule has 1 N–H and O–H groups in total. The number of nitrogens with zero attached hydrogens (tertiary/aromatic N) is 1. The number of anilines is 1. The summed E-state index contributed by atoms with van der Waals surface area (Å²) in [4.78, 5) is 16.5. The van der Waals surface area contributed by atoms with E-state index in [9.17, 15) is 4.79 Å². The molecule has 5 nitrogen and oxygen atoms in total. The number of thiazole rings is 1. The summed E-state index contributed by atoms with van der Waals surface area (Å²) in [6.45, 7) is 0.226. The first kappa shape index (κ1) is 11.7. The van der Waals surface area contributed by atoms with E-state index in [-0.39, 0.29) is 12.7 Å². The van der Waals surface area contributed by atoms with Gasteiger partial charge in [0.2, 0.25) is 6.79 Å². The Kier molecular flexibility index (Phi) is 2.63. The Morgan fingerprint density at radius 2 is 2.15 bits per heavy atom. The Bertz CT molecular complexity index is 679. The lowest BCUT2D eigenvalue weighted by molar-refractivity contribution is 0.102. The number of fused-ring (bicyclic) bond motifs is 1. The minimum atomic E-state index is -0.188. The van der Waals surface area contributed by atoms with Crippen LogP contribution in [-0.2, 0) is 0 Å². The van der Waals surface area contributed by atoms with Gasteiger partial charge in [0, 0.05) is 23.1 Å². The standard InChI is InChI=1S/C14H12N2O3S/c17-13(10-6-20-14(16-10)8-1-2-8)15-9-3-4-11-12(5-9)19-7-18-11/h3-6,8H,1-2,7H2,(H,15,17). The highest BCUT2D eigenvalue weighted by atomic mass is 32.1. The first-order valence-electron chi connectivity index (χ1n) is 6.46. The fraction of sp³-hybridized carbons (Fsp3) is 0.286. The molecule has 0 bridgehead atoms. The van der Waals surface area contributed by atoms with Crippen LogP contribution in [-0.4, -0.2) is 17.7 Å². The van der Waals surface area contributed by atoms with Crippen molar-refractivity contribution in [2.24, 2.45) is 0 Å². The Morgan fingerprint density at radius 1 is 1.30 bits per heavy atom. The van der Waals surface area contributed by atoms with Gasteiger partial charge in [-0.15, -0.1) is 11.3 Å². The van der Waals surface area contributed by atoms with Gasteiger partial charge < -0.3 is 14.8 Å².